The highest BCUT2D eigenvalue weighted by atomic mass is 16.5. The first-order valence-electron chi connectivity index (χ1n) is 6.64. The summed E-state index contributed by atoms with van der Waals surface area (Å²) < 4.78 is 6.95. The van der Waals surface area contributed by atoms with E-state index in [1.807, 2.05) is 10.9 Å². The second kappa shape index (κ2) is 6.64. The highest BCUT2D eigenvalue weighted by Crippen LogP contribution is 2.23. The Hall–Kier alpha value is -1.03. The lowest BCUT2D eigenvalue weighted by Crippen LogP contribution is -2.16. The average Bonchev–Trinajstić information content (AvgIpc) is 2.83. The van der Waals surface area contributed by atoms with Crippen LogP contribution in [0.5, 0.6) is 0 Å². The molecule has 17 heavy (non-hydrogen) atoms. The van der Waals surface area contributed by atoms with Gasteiger partial charge in [0.1, 0.15) is 0 Å². The summed E-state index contributed by atoms with van der Waals surface area (Å²) in [5.41, 5.74) is 1.13. The van der Waals surface area contributed by atoms with Crippen LogP contribution in [0.1, 0.15) is 32.1 Å². The molecule has 1 aliphatic carbocycles. The molecule has 0 spiro atoms. The lowest BCUT2D eigenvalue weighted by atomic mass is 9.89. The quantitative estimate of drug-likeness (QED) is 0.826. The van der Waals surface area contributed by atoms with Gasteiger partial charge >= 0.3 is 0 Å². The standard InChI is InChI=1S/C13H23N3O/c1-17-8-7-16-11-13(10-15-16)14-9-12-5-3-2-4-6-12/h10-12,14H,2-9H2,1H3. The van der Waals surface area contributed by atoms with Crippen LogP contribution in [0.25, 0.3) is 0 Å². The smallest absolute Gasteiger partial charge is 0.0726 e. The van der Waals surface area contributed by atoms with Gasteiger partial charge in [0.25, 0.3) is 0 Å². The Morgan fingerprint density at radius 2 is 2.24 bits per heavy atom. The fraction of sp³-hybridized carbons (Fsp3) is 0.769. The van der Waals surface area contributed by atoms with E-state index in [1.54, 1.807) is 7.11 Å². The number of anilines is 1. The minimum absolute atomic E-state index is 0.712. The summed E-state index contributed by atoms with van der Waals surface area (Å²) in [6.45, 7) is 2.63. The highest BCUT2D eigenvalue weighted by molar-refractivity contribution is 5.38. The lowest BCUT2D eigenvalue weighted by molar-refractivity contribution is 0.183. The van der Waals surface area contributed by atoms with Gasteiger partial charge in [0.05, 0.1) is 25.0 Å². The zero-order valence-electron chi connectivity index (χ0n) is 10.7. The maximum absolute atomic E-state index is 5.03. The van der Waals surface area contributed by atoms with E-state index >= 15 is 0 Å². The van der Waals surface area contributed by atoms with Crippen LogP contribution in [0.4, 0.5) is 5.69 Å². The third-order valence-corrected chi connectivity index (χ3v) is 3.48. The van der Waals surface area contributed by atoms with Crippen molar-refractivity contribution in [1.29, 1.82) is 0 Å². The summed E-state index contributed by atoms with van der Waals surface area (Å²) in [7, 11) is 1.71. The van der Waals surface area contributed by atoms with Crippen LogP contribution < -0.4 is 5.32 Å². The van der Waals surface area contributed by atoms with Crippen molar-refractivity contribution in [2.45, 2.75) is 38.6 Å². The Bertz CT molecular complexity index is 318. The molecule has 1 heterocycles. The minimum Gasteiger partial charge on any atom is -0.383 e. The molecule has 1 saturated carbocycles. The molecule has 96 valence electrons. The van der Waals surface area contributed by atoms with E-state index in [1.165, 1.54) is 32.1 Å². The molecule has 1 N–H and O–H groups in total. The Labute approximate surface area is 103 Å². The van der Waals surface area contributed by atoms with Crippen molar-refractivity contribution in [2.24, 2.45) is 5.92 Å². The Morgan fingerprint density at radius 3 is 3.00 bits per heavy atom. The zero-order chi connectivity index (χ0) is 11.9. The summed E-state index contributed by atoms with van der Waals surface area (Å²) in [4.78, 5) is 0. The number of nitrogens with one attached hydrogen (secondary N) is 1. The summed E-state index contributed by atoms with van der Waals surface area (Å²) in [6, 6.07) is 0. The van der Waals surface area contributed by atoms with Gasteiger partial charge in [-0.3, -0.25) is 4.68 Å². The molecule has 1 aliphatic rings. The van der Waals surface area contributed by atoms with E-state index in [0.717, 1.165) is 24.7 Å². The van der Waals surface area contributed by atoms with E-state index < -0.39 is 0 Å². The number of nitrogens with zero attached hydrogens (tertiary/aromatic N) is 2. The van der Waals surface area contributed by atoms with Crippen molar-refractivity contribution in [3.8, 4) is 0 Å². The number of ether oxygens (including phenoxy) is 1. The second-order valence-corrected chi connectivity index (χ2v) is 4.87. The Kier molecular flexibility index (Phi) is 4.86. The lowest BCUT2D eigenvalue weighted by Gasteiger charge is -2.21. The first-order chi connectivity index (χ1) is 8.38. The van der Waals surface area contributed by atoms with Crippen molar-refractivity contribution in [2.75, 3.05) is 25.6 Å². The van der Waals surface area contributed by atoms with E-state index in [2.05, 4.69) is 16.6 Å². The van der Waals surface area contributed by atoms with Crippen molar-refractivity contribution in [1.82, 2.24) is 9.78 Å². The molecule has 0 aliphatic heterocycles. The molecule has 0 bridgehead atoms. The molecule has 0 amide bonds. The Balaban J connectivity index is 1.72. The first-order valence-corrected chi connectivity index (χ1v) is 6.64. The molecule has 4 nitrogen and oxygen atoms in total. The number of hydrogen-bond donors (Lipinski definition) is 1. The van der Waals surface area contributed by atoms with E-state index in [9.17, 15) is 0 Å². The van der Waals surface area contributed by atoms with Crippen molar-refractivity contribution in [3.05, 3.63) is 12.4 Å². The van der Waals surface area contributed by atoms with Crippen LogP contribution in [0.2, 0.25) is 0 Å². The van der Waals surface area contributed by atoms with Crippen molar-refractivity contribution >= 4 is 5.69 Å². The molecule has 4 heteroatoms. The third-order valence-electron chi connectivity index (χ3n) is 3.48. The maximum atomic E-state index is 5.03. The average molecular weight is 237 g/mol. The summed E-state index contributed by atoms with van der Waals surface area (Å²) >= 11 is 0. The van der Waals surface area contributed by atoms with Crippen LogP contribution in [-0.4, -0.2) is 30.0 Å². The number of hydrogen-bond acceptors (Lipinski definition) is 3. The fourth-order valence-electron chi connectivity index (χ4n) is 2.42. The van der Waals surface area contributed by atoms with Crippen LogP contribution in [0.15, 0.2) is 12.4 Å². The van der Waals surface area contributed by atoms with Gasteiger partial charge in [0.15, 0.2) is 0 Å². The van der Waals surface area contributed by atoms with E-state index in [0.29, 0.717) is 6.61 Å². The largest absolute Gasteiger partial charge is 0.383 e. The van der Waals surface area contributed by atoms with Crippen LogP contribution in [0.3, 0.4) is 0 Å². The number of methoxy groups -OCH3 is 1. The van der Waals surface area contributed by atoms with Crippen LogP contribution in [-0.2, 0) is 11.3 Å². The minimum atomic E-state index is 0.712. The zero-order valence-corrected chi connectivity index (χ0v) is 10.7. The van der Waals surface area contributed by atoms with Gasteiger partial charge in [-0.15, -0.1) is 0 Å². The van der Waals surface area contributed by atoms with Crippen molar-refractivity contribution < 1.29 is 4.74 Å². The maximum Gasteiger partial charge on any atom is 0.0726 e. The van der Waals surface area contributed by atoms with Gasteiger partial charge in [0.2, 0.25) is 0 Å². The molecule has 1 aromatic heterocycles. The molecule has 2 rings (SSSR count). The fourth-order valence-corrected chi connectivity index (χ4v) is 2.42. The summed E-state index contributed by atoms with van der Waals surface area (Å²) in [5, 5.41) is 7.78. The molecule has 0 aromatic carbocycles. The first kappa shape index (κ1) is 12.4. The van der Waals surface area contributed by atoms with Gasteiger partial charge in [-0.2, -0.15) is 5.10 Å². The molecule has 0 atom stereocenters. The van der Waals surface area contributed by atoms with Crippen LogP contribution >= 0.6 is 0 Å². The van der Waals surface area contributed by atoms with E-state index in [4.69, 9.17) is 4.74 Å². The Morgan fingerprint density at radius 1 is 1.41 bits per heavy atom. The monoisotopic (exact) mass is 237 g/mol. The highest BCUT2D eigenvalue weighted by Gasteiger charge is 2.12. The van der Waals surface area contributed by atoms with Gasteiger partial charge in [-0.05, 0) is 18.8 Å². The number of aromatic nitrogens is 2. The third kappa shape index (κ3) is 4.04. The molecular formula is C13H23N3O. The molecule has 0 radical (unpaired) electrons. The SMILES string of the molecule is COCCn1cc(NCC2CCCCC2)cn1. The van der Waals surface area contributed by atoms with Gasteiger partial charge in [0, 0.05) is 19.9 Å². The molecule has 0 unspecified atom stereocenters. The molecular weight excluding hydrogens is 214 g/mol. The molecule has 1 aromatic rings. The molecule has 1 fully saturated rings. The van der Waals surface area contributed by atoms with Crippen LogP contribution in [0, 0.1) is 5.92 Å². The topological polar surface area (TPSA) is 39.1 Å². The van der Waals surface area contributed by atoms with Gasteiger partial charge in [-0.1, -0.05) is 19.3 Å². The molecule has 0 saturated heterocycles. The normalized spacial score (nSPS) is 17.2. The number of rotatable bonds is 6. The predicted octanol–water partition coefficient (Wildman–Crippen LogP) is 2.52. The van der Waals surface area contributed by atoms with Gasteiger partial charge in [-0.25, -0.2) is 0 Å². The summed E-state index contributed by atoms with van der Waals surface area (Å²) in [5.74, 6) is 0.853. The predicted molar refractivity (Wildman–Crippen MR) is 69.2 cm³/mol. The van der Waals surface area contributed by atoms with Crippen molar-refractivity contribution in [3.63, 3.8) is 0 Å². The van der Waals surface area contributed by atoms with E-state index in [-0.39, 0.29) is 0 Å². The summed E-state index contributed by atoms with van der Waals surface area (Å²) in [6.07, 6.45) is 10.9. The second-order valence-electron chi connectivity index (χ2n) is 4.87. The van der Waals surface area contributed by atoms with Gasteiger partial charge < -0.3 is 10.1 Å².